The molecule has 1 saturated carbocycles. The highest BCUT2D eigenvalue weighted by atomic mass is 19.1. The summed E-state index contributed by atoms with van der Waals surface area (Å²) in [6.45, 7) is 1.33. The zero-order valence-corrected chi connectivity index (χ0v) is 20.5. The second-order valence-corrected chi connectivity index (χ2v) is 10.5. The molecule has 5 rings (SSSR count). The molecule has 0 radical (unpaired) electrons. The Balaban J connectivity index is 1.26. The number of carbonyl (C=O) groups excluding carboxylic acids is 1. The normalized spacial score (nSPS) is 17.8. The van der Waals surface area contributed by atoms with Crippen LogP contribution in [0.2, 0.25) is 0 Å². The fourth-order valence-corrected chi connectivity index (χ4v) is 5.67. The maximum atomic E-state index is 13.5. The number of halogens is 2. The van der Waals surface area contributed by atoms with Gasteiger partial charge in [0.25, 0.3) is 5.56 Å². The Morgan fingerprint density at radius 3 is 2.36 bits per heavy atom. The van der Waals surface area contributed by atoms with Crippen LogP contribution in [0.1, 0.15) is 54.4 Å². The Morgan fingerprint density at radius 1 is 1.00 bits per heavy atom. The molecule has 7 heteroatoms. The van der Waals surface area contributed by atoms with Crippen molar-refractivity contribution in [3.8, 4) is 0 Å². The molecule has 1 saturated heterocycles. The molecule has 0 bridgehead atoms. The van der Waals surface area contributed by atoms with Gasteiger partial charge in [-0.15, -0.1) is 0 Å². The summed E-state index contributed by atoms with van der Waals surface area (Å²) in [5, 5.41) is 4.77. The van der Waals surface area contributed by atoms with Crippen LogP contribution >= 0.6 is 0 Å². The highest BCUT2D eigenvalue weighted by molar-refractivity contribution is 5.84. The number of benzene rings is 2. The van der Waals surface area contributed by atoms with E-state index in [1.165, 1.54) is 18.9 Å². The molecule has 2 heterocycles. The third-order valence-corrected chi connectivity index (χ3v) is 7.84. The van der Waals surface area contributed by atoms with E-state index in [1.807, 2.05) is 18.2 Å². The van der Waals surface area contributed by atoms with Crippen LogP contribution in [0.15, 0.2) is 53.5 Å². The van der Waals surface area contributed by atoms with E-state index in [2.05, 4.69) is 21.3 Å². The maximum Gasteiger partial charge on any atom is 0.255 e. The number of rotatable bonds is 9. The molecule has 3 aromatic rings. The minimum atomic E-state index is -0.651. The Bertz CT molecular complexity index is 1270. The molecular weight excluding hydrogens is 460 g/mol. The molecule has 0 unspecified atom stereocenters. The number of nitrogens with zero attached hydrogens (tertiary/aromatic N) is 1. The first-order chi connectivity index (χ1) is 17.5. The lowest BCUT2D eigenvalue weighted by molar-refractivity contribution is -0.135. The Morgan fingerprint density at radius 2 is 1.69 bits per heavy atom. The van der Waals surface area contributed by atoms with E-state index in [1.54, 1.807) is 18.3 Å². The van der Waals surface area contributed by atoms with Gasteiger partial charge < -0.3 is 10.3 Å². The van der Waals surface area contributed by atoms with Gasteiger partial charge in [-0.25, -0.2) is 8.78 Å². The molecular formula is C29H33F2N3O2. The lowest BCUT2D eigenvalue weighted by atomic mass is 9.73. The number of pyridine rings is 1. The minimum Gasteiger partial charge on any atom is -0.352 e. The van der Waals surface area contributed by atoms with Crippen LogP contribution in [0.25, 0.3) is 10.8 Å². The van der Waals surface area contributed by atoms with Crippen LogP contribution in [0, 0.1) is 11.3 Å². The van der Waals surface area contributed by atoms with Gasteiger partial charge in [0.2, 0.25) is 5.91 Å². The zero-order valence-electron chi connectivity index (χ0n) is 20.5. The van der Waals surface area contributed by atoms with E-state index in [4.69, 9.17) is 0 Å². The molecule has 1 aliphatic heterocycles. The van der Waals surface area contributed by atoms with Crippen LogP contribution in [0.5, 0.6) is 0 Å². The average molecular weight is 494 g/mol. The predicted octanol–water partition coefficient (Wildman–Crippen LogP) is 5.17. The number of H-pyrrole nitrogens is 1. The number of fused-ring (bicyclic) bond motifs is 1. The molecule has 2 aliphatic rings. The summed E-state index contributed by atoms with van der Waals surface area (Å²) in [5.74, 6) is 0.665. The van der Waals surface area contributed by atoms with E-state index in [9.17, 15) is 18.4 Å². The van der Waals surface area contributed by atoms with Crippen LogP contribution in [-0.2, 0) is 31.2 Å². The number of aromatic nitrogens is 1. The standard InChI is InChI=1S/C29H33F2N3O2/c30-16-21-12-22(17-31)14-23(13-21)18-33-28(36)29(15-20-4-5-20)7-10-34(11-8-29)19-24-2-1-3-26-25(24)6-9-32-27(26)35/h1-3,6,9,12-14,20H,4-5,7-8,10-11,15-19H2,(H,32,35)(H,33,36). The van der Waals surface area contributed by atoms with Crippen LogP contribution in [0.3, 0.4) is 0 Å². The number of hydrogen-bond acceptors (Lipinski definition) is 3. The van der Waals surface area contributed by atoms with Crippen LogP contribution in [-0.4, -0.2) is 28.9 Å². The minimum absolute atomic E-state index is 0.0539. The fourth-order valence-electron chi connectivity index (χ4n) is 5.67. The van der Waals surface area contributed by atoms with E-state index in [-0.39, 0.29) is 18.0 Å². The van der Waals surface area contributed by atoms with Crippen LogP contribution in [0.4, 0.5) is 8.78 Å². The summed E-state index contributed by atoms with van der Waals surface area (Å²) in [6, 6.07) is 12.7. The van der Waals surface area contributed by atoms with E-state index >= 15 is 0 Å². The third kappa shape index (κ3) is 5.36. The van der Waals surface area contributed by atoms with E-state index in [0.717, 1.165) is 55.4 Å². The van der Waals surface area contributed by atoms with Gasteiger partial charge >= 0.3 is 0 Å². The van der Waals surface area contributed by atoms with Crippen molar-refractivity contribution in [1.29, 1.82) is 0 Å². The van der Waals surface area contributed by atoms with Crippen LogP contribution < -0.4 is 10.9 Å². The second-order valence-electron chi connectivity index (χ2n) is 10.5. The SMILES string of the molecule is O=C(NCc1cc(CF)cc(CF)c1)C1(CC2CC2)CCN(Cc2cccc3c(=O)[nH]ccc23)CC1. The van der Waals surface area contributed by atoms with E-state index < -0.39 is 18.8 Å². The van der Waals surface area contributed by atoms with E-state index in [0.29, 0.717) is 22.4 Å². The number of nitrogens with one attached hydrogen (secondary N) is 2. The van der Waals surface area contributed by atoms with Gasteiger partial charge in [-0.2, -0.15) is 0 Å². The summed E-state index contributed by atoms with van der Waals surface area (Å²) in [7, 11) is 0. The number of amides is 1. The Kier molecular flexibility index (Phi) is 7.19. The molecule has 36 heavy (non-hydrogen) atoms. The summed E-state index contributed by atoms with van der Waals surface area (Å²) < 4.78 is 26.4. The van der Waals surface area contributed by atoms with Crippen molar-refractivity contribution < 1.29 is 13.6 Å². The number of carbonyl (C=O) groups is 1. The molecule has 2 N–H and O–H groups in total. The Hall–Kier alpha value is -3.06. The highest BCUT2D eigenvalue weighted by Crippen LogP contribution is 2.46. The number of likely N-dealkylation sites (tertiary alicyclic amines) is 1. The monoisotopic (exact) mass is 493 g/mol. The first-order valence-electron chi connectivity index (χ1n) is 12.8. The van der Waals surface area contributed by atoms with Crippen molar-refractivity contribution in [2.45, 2.75) is 58.5 Å². The smallest absolute Gasteiger partial charge is 0.255 e. The average Bonchev–Trinajstić information content (AvgIpc) is 3.72. The lowest BCUT2D eigenvalue weighted by Crippen LogP contribution is -2.48. The van der Waals surface area contributed by atoms with Crippen molar-refractivity contribution in [3.63, 3.8) is 0 Å². The van der Waals surface area contributed by atoms with Crippen molar-refractivity contribution in [2.75, 3.05) is 13.1 Å². The largest absolute Gasteiger partial charge is 0.352 e. The maximum absolute atomic E-state index is 13.5. The molecule has 5 nitrogen and oxygen atoms in total. The summed E-state index contributed by atoms with van der Waals surface area (Å²) in [6.07, 6.45) is 6.51. The second kappa shape index (κ2) is 10.5. The molecule has 1 amide bonds. The third-order valence-electron chi connectivity index (χ3n) is 7.84. The van der Waals surface area contributed by atoms with Gasteiger partial charge in [0.1, 0.15) is 13.3 Å². The first-order valence-corrected chi connectivity index (χ1v) is 12.8. The Labute approximate surface area is 209 Å². The number of hydrogen-bond donors (Lipinski definition) is 2. The summed E-state index contributed by atoms with van der Waals surface area (Å²) >= 11 is 0. The van der Waals surface area contributed by atoms with Gasteiger partial charge in [-0.1, -0.05) is 43.2 Å². The molecule has 0 spiro atoms. The number of aromatic amines is 1. The topological polar surface area (TPSA) is 65.2 Å². The summed E-state index contributed by atoms with van der Waals surface area (Å²) in [5.41, 5.74) is 2.24. The number of piperidine rings is 1. The molecule has 1 aromatic heterocycles. The zero-order chi connectivity index (χ0) is 25.1. The van der Waals surface area contributed by atoms with Gasteiger partial charge in [0, 0.05) is 24.7 Å². The molecule has 2 aromatic carbocycles. The molecule has 1 aliphatic carbocycles. The molecule has 2 fully saturated rings. The lowest BCUT2D eigenvalue weighted by Gasteiger charge is -2.41. The fraction of sp³-hybridized carbons (Fsp3) is 0.448. The quantitative estimate of drug-likeness (QED) is 0.433. The van der Waals surface area contributed by atoms with Gasteiger partial charge in [0.15, 0.2) is 0 Å². The highest BCUT2D eigenvalue weighted by Gasteiger charge is 2.44. The molecule has 0 atom stereocenters. The van der Waals surface area contributed by atoms with Gasteiger partial charge in [-0.05, 0) is 78.0 Å². The van der Waals surface area contributed by atoms with Crippen molar-refractivity contribution in [1.82, 2.24) is 15.2 Å². The first kappa shape index (κ1) is 24.6. The van der Waals surface area contributed by atoms with Crippen molar-refractivity contribution >= 4 is 16.7 Å². The molecule has 190 valence electrons. The van der Waals surface area contributed by atoms with Gasteiger partial charge in [-0.3, -0.25) is 14.5 Å². The number of alkyl halides is 2. The van der Waals surface area contributed by atoms with Crippen molar-refractivity contribution in [3.05, 3.63) is 81.3 Å². The van der Waals surface area contributed by atoms with Gasteiger partial charge in [0.05, 0.1) is 5.41 Å². The summed E-state index contributed by atoms with van der Waals surface area (Å²) in [4.78, 5) is 30.8. The van der Waals surface area contributed by atoms with Crippen molar-refractivity contribution in [2.24, 2.45) is 11.3 Å². The predicted molar refractivity (Wildman–Crippen MR) is 137 cm³/mol.